The lowest BCUT2D eigenvalue weighted by atomic mass is 9.75. The zero-order chi connectivity index (χ0) is 22.8. The van der Waals surface area contributed by atoms with Gasteiger partial charge in [0, 0.05) is 0 Å². The molecule has 0 aliphatic carbocycles. The highest BCUT2D eigenvalue weighted by Crippen LogP contribution is 2.38. The molecule has 1 rings (SSSR count). The van der Waals surface area contributed by atoms with Crippen molar-refractivity contribution in [3.05, 3.63) is 109 Å². The van der Waals surface area contributed by atoms with E-state index in [-0.39, 0.29) is 5.91 Å². The van der Waals surface area contributed by atoms with Gasteiger partial charge >= 0.3 is 0 Å². The second kappa shape index (κ2) is 16.2. The van der Waals surface area contributed by atoms with Crippen molar-refractivity contribution >= 4 is 17.7 Å². The molecule has 0 atom stereocenters. The maximum atomic E-state index is 12.3. The minimum atomic E-state index is -0.823. The van der Waals surface area contributed by atoms with Crippen molar-refractivity contribution < 1.29 is 4.79 Å². The molecule has 1 amide bonds. The van der Waals surface area contributed by atoms with Gasteiger partial charge in [0.25, 0.3) is 0 Å². The van der Waals surface area contributed by atoms with Crippen LogP contribution in [-0.4, -0.2) is 25.0 Å². The topological polar surface area (TPSA) is 67.1 Å². The van der Waals surface area contributed by atoms with Crippen LogP contribution in [0, 0.1) is 0 Å². The fraction of sp³-hybridized carbons (Fsp3) is 0.240. The van der Waals surface area contributed by atoms with Gasteiger partial charge in [-0.15, -0.1) is 0 Å². The molecule has 0 heterocycles. The highest BCUT2D eigenvalue weighted by molar-refractivity contribution is 7.99. The molecule has 30 heavy (non-hydrogen) atoms. The largest absolute Gasteiger partial charge is 0.333 e. The molecule has 0 bridgehead atoms. The van der Waals surface area contributed by atoms with Crippen LogP contribution in [0.2, 0.25) is 0 Å². The molecule has 5 heteroatoms. The fourth-order valence-corrected chi connectivity index (χ4v) is 3.29. The van der Waals surface area contributed by atoms with Gasteiger partial charge in [0.2, 0.25) is 5.91 Å². The van der Waals surface area contributed by atoms with Crippen molar-refractivity contribution in [1.82, 2.24) is 10.9 Å². The van der Waals surface area contributed by atoms with E-state index in [9.17, 15) is 4.79 Å². The molecule has 4 nitrogen and oxygen atoms in total. The Bertz CT molecular complexity index is 743. The summed E-state index contributed by atoms with van der Waals surface area (Å²) in [7, 11) is 1.50. The second-order valence-electron chi connectivity index (χ2n) is 5.94. The van der Waals surface area contributed by atoms with Gasteiger partial charge in [-0.25, -0.2) is 5.43 Å². The van der Waals surface area contributed by atoms with Gasteiger partial charge in [-0.05, 0) is 43.9 Å². The van der Waals surface area contributed by atoms with Crippen LogP contribution in [-0.2, 0) is 10.3 Å². The van der Waals surface area contributed by atoms with Gasteiger partial charge in [0.1, 0.15) is 5.54 Å². The summed E-state index contributed by atoms with van der Waals surface area (Å²) in [6.45, 7) is 11.7. The number of thioether (sulfide) groups is 1. The van der Waals surface area contributed by atoms with Gasteiger partial charge < -0.3 is 5.73 Å². The SMILES string of the molecule is C=C/C=C(\C=C/C)C(NNC(=O)CSC)(C(/C=C\C)=C/C=C)c1ccccc1.CN. The Kier molecular flexibility index (Phi) is 14.8. The van der Waals surface area contributed by atoms with E-state index in [1.165, 1.54) is 18.8 Å². The molecule has 0 unspecified atom stereocenters. The quantitative estimate of drug-likeness (QED) is 0.351. The molecule has 4 N–H and O–H groups in total. The van der Waals surface area contributed by atoms with E-state index in [0.29, 0.717) is 5.75 Å². The molecular weight excluding hydrogens is 390 g/mol. The average Bonchev–Trinajstić information content (AvgIpc) is 2.77. The summed E-state index contributed by atoms with van der Waals surface area (Å²) in [6.07, 6.45) is 17.3. The van der Waals surface area contributed by atoms with Gasteiger partial charge in [0.15, 0.2) is 0 Å². The maximum absolute atomic E-state index is 12.3. The monoisotopic (exact) mass is 425 g/mol. The van der Waals surface area contributed by atoms with Gasteiger partial charge in [0.05, 0.1) is 5.75 Å². The van der Waals surface area contributed by atoms with E-state index in [1.54, 1.807) is 12.2 Å². The summed E-state index contributed by atoms with van der Waals surface area (Å²) in [4.78, 5) is 12.3. The molecule has 1 aromatic carbocycles. The molecule has 0 aromatic heterocycles. The summed E-state index contributed by atoms with van der Waals surface area (Å²) in [6, 6.07) is 10.0. The third kappa shape index (κ3) is 7.67. The molecule has 1 aromatic rings. The first-order valence-electron chi connectivity index (χ1n) is 9.70. The van der Waals surface area contributed by atoms with Crippen molar-refractivity contribution in [3.8, 4) is 0 Å². The molecule has 0 fully saturated rings. The number of nitrogens with two attached hydrogens (primary N) is 1. The summed E-state index contributed by atoms with van der Waals surface area (Å²) >= 11 is 1.47. The number of rotatable bonds is 11. The summed E-state index contributed by atoms with van der Waals surface area (Å²) < 4.78 is 0. The van der Waals surface area contributed by atoms with E-state index in [0.717, 1.165) is 16.7 Å². The van der Waals surface area contributed by atoms with Crippen LogP contribution >= 0.6 is 11.8 Å². The molecule has 0 radical (unpaired) electrons. The Labute approximate surface area is 186 Å². The predicted octanol–water partition coefficient (Wildman–Crippen LogP) is 4.82. The number of allylic oxidation sites excluding steroid dienone is 6. The molecular formula is C25H35N3OS. The van der Waals surface area contributed by atoms with Crippen molar-refractivity contribution in [1.29, 1.82) is 0 Å². The summed E-state index contributed by atoms with van der Waals surface area (Å²) in [5.41, 5.74) is 12.8. The van der Waals surface area contributed by atoms with E-state index < -0.39 is 5.54 Å². The molecule has 0 aliphatic heterocycles. The van der Waals surface area contributed by atoms with Crippen LogP contribution < -0.4 is 16.6 Å². The number of carbonyl (C=O) groups is 1. The lowest BCUT2D eigenvalue weighted by Crippen LogP contribution is -2.54. The summed E-state index contributed by atoms with van der Waals surface area (Å²) in [5.74, 6) is 0.274. The number of nitrogens with one attached hydrogen (secondary N) is 2. The zero-order valence-corrected chi connectivity index (χ0v) is 19.3. The van der Waals surface area contributed by atoms with Gasteiger partial charge in [-0.3, -0.25) is 10.2 Å². The molecule has 162 valence electrons. The Morgan fingerprint density at radius 3 is 1.93 bits per heavy atom. The van der Waals surface area contributed by atoms with Gasteiger partial charge in [-0.2, -0.15) is 11.8 Å². The Balaban J connectivity index is 0.00000407. The van der Waals surface area contributed by atoms with E-state index in [4.69, 9.17) is 0 Å². The molecule has 0 spiro atoms. The smallest absolute Gasteiger partial charge is 0.244 e. The minimum absolute atomic E-state index is 0.0929. The number of amides is 1. The van der Waals surface area contributed by atoms with Crippen molar-refractivity contribution in [2.45, 2.75) is 19.4 Å². The normalized spacial score (nSPS) is 14.0. The maximum Gasteiger partial charge on any atom is 0.244 e. The predicted molar refractivity (Wildman–Crippen MR) is 134 cm³/mol. The number of carbonyl (C=O) groups excluding carboxylic acids is 1. The van der Waals surface area contributed by atoms with Crippen LogP contribution in [0.15, 0.2) is 103 Å². The first-order chi connectivity index (χ1) is 14.6. The molecule has 0 saturated carbocycles. The van der Waals surface area contributed by atoms with Crippen molar-refractivity contribution in [2.75, 3.05) is 19.1 Å². The molecule has 0 saturated heterocycles. The highest BCUT2D eigenvalue weighted by atomic mass is 32.2. The van der Waals surface area contributed by atoms with Crippen LogP contribution in [0.4, 0.5) is 0 Å². The van der Waals surface area contributed by atoms with E-state index in [2.05, 4.69) is 29.7 Å². The standard InChI is InChI=1S/C24H30N2OS.CH5N/c1-6-13-20(14-7-2)24(21(15-8-3)16-9-4,22-17-11-10-12-18-22)26-25-23(27)19-28-5;1-2/h6-18,26H,1,3,19H2,2,4-5H3,(H,25,27);2H2,1H3/b14-7-,16-9-,20-13+,21-15+;. The Morgan fingerprint density at radius 2 is 1.53 bits per heavy atom. The zero-order valence-electron chi connectivity index (χ0n) is 18.5. The Morgan fingerprint density at radius 1 is 1.03 bits per heavy atom. The lowest BCUT2D eigenvalue weighted by molar-refractivity contribution is -0.119. The average molecular weight is 426 g/mol. The lowest BCUT2D eigenvalue weighted by Gasteiger charge is -2.38. The third-order valence-corrected chi connectivity index (χ3v) is 4.58. The first-order valence-corrected chi connectivity index (χ1v) is 11.1. The molecule has 0 aliphatic rings. The minimum Gasteiger partial charge on any atom is -0.333 e. The van der Waals surface area contributed by atoms with Gasteiger partial charge in [-0.1, -0.05) is 92.1 Å². The fourth-order valence-electron chi connectivity index (χ4n) is 2.96. The Hall–Kier alpha value is -2.60. The van der Waals surface area contributed by atoms with Crippen molar-refractivity contribution in [2.24, 2.45) is 5.73 Å². The van der Waals surface area contributed by atoms with Crippen LogP contribution in [0.3, 0.4) is 0 Å². The third-order valence-electron chi connectivity index (χ3n) is 4.02. The van der Waals surface area contributed by atoms with E-state index in [1.807, 2.05) is 86.9 Å². The number of hydrogen-bond donors (Lipinski definition) is 3. The summed E-state index contributed by atoms with van der Waals surface area (Å²) in [5, 5.41) is 0. The van der Waals surface area contributed by atoms with Crippen LogP contribution in [0.1, 0.15) is 19.4 Å². The van der Waals surface area contributed by atoms with Crippen LogP contribution in [0.25, 0.3) is 0 Å². The number of hydrogen-bond acceptors (Lipinski definition) is 4. The number of hydrazine groups is 1. The first kappa shape index (κ1) is 27.4. The second-order valence-corrected chi connectivity index (χ2v) is 6.80. The van der Waals surface area contributed by atoms with Crippen molar-refractivity contribution in [3.63, 3.8) is 0 Å². The van der Waals surface area contributed by atoms with E-state index >= 15 is 0 Å². The van der Waals surface area contributed by atoms with Crippen LogP contribution in [0.5, 0.6) is 0 Å². The highest BCUT2D eigenvalue weighted by Gasteiger charge is 2.38. The number of benzene rings is 1.